The van der Waals surface area contributed by atoms with Gasteiger partial charge in [-0.2, -0.15) is 0 Å². The fraction of sp³-hybridized carbons (Fsp3) is 0.267. The quantitative estimate of drug-likeness (QED) is 0.424. The first-order valence-corrected chi connectivity index (χ1v) is 12.3. The first-order chi connectivity index (χ1) is 17.0. The summed E-state index contributed by atoms with van der Waals surface area (Å²) >= 11 is 0. The highest BCUT2D eigenvalue weighted by Gasteiger charge is 2.28. The molecule has 0 saturated carbocycles. The van der Waals surface area contributed by atoms with E-state index in [0.29, 0.717) is 11.9 Å². The van der Waals surface area contributed by atoms with Crippen molar-refractivity contribution >= 4 is 22.5 Å². The van der Waals surface area contributed by atoms with Gasteiger partial charge in [-0.15, -0.1) is 0 Å². The second-order valence-electron chi connectivity index (χ2n) is 9.52. The molecule has 1 amide bonds. The van der Waals surface area contributed by atoms with Gasteiger partial charge in [0.25, 0.3) is 5.91 Å². The van der Waals surface area contributed by atoms with Crippen LogP contribution in [0.1, 0.15) is 52.0 Å². The first-order valence-electron chi connectivity index (χ1n) is 12.3. The lowest BCUT2D eigenvalue weighted by molar-refractivity contribution is 0.0949. The zero-order valence-corrected chi connectivity index (χ0v) is 20.5. The Bertz CT molecular complexity index is 1440. The third-order valence-electron chi connectivity index (χ3n) is 6.90. The van der Waals surface area contributed by atoms with Crippen molar-refractivity contribution in [3.05, 3.63) is 111 Å². The molecule has 4 aromatic rings. The van der Waals surface area contributed by atoms with E-state index in [4.69, 9.17) is 0 Å². The van der Waals surface area contributed by atoms with Gasteiger partial charge in [-0.25, -0.2) is 0 Å². The minimum Gasteiger partial charge on any atom is -0.370 e. The Balaban J connectivity index is 1.64. The van der Waals surface area contributed by atoms with Gasteiger partial charge in [0.15, 0.2) is 0 Å². The highest BCUT2D eigenvalue weighted by atomic mass is 16.2. The molecule has 1 aliphatic rings. The summed E-state index contributed by atoms with van der Waals surface area (Å²) in [5.74, 6) is -0.339. The Morgan fingerprint density at radius 3 is 2.49 bits per heavy atom. The molecule has 0 bridgehead atoms. The smallest absolute Gasteiger partial charge is 0.257 e. The number of anilines is 1. The zero-order valence-electron chi connectivity index (χ0n) is 20.5. The number of hydrogen-bond donors (Lipinski definition) is 1. The maximum absolute atomic E-state index is 13.7. The Labute approximate surface area is 206 Å². The highest BCUT2D eigenvalue weighted by molar-refractivity contribution is 6.00. The Morgan fingerprint density at radius 2 is 1.77 bits per heavy atom. The van der Waals surface area contributed by atoms with Crippen molar-refractivity contribution in [1.82, 2.24) is 9.88 Å². The van der Waals surface area contributed by atoms with Crippen molar-refractivity contribution in [2.45, 2.75) is 39.3 Å². The summed E-state index contributed by atoms with van der Waals surface area (Å²) in [5.41, 5.74) is 6.37. The fourth-order valence-electron chi connectivity index (χ4n) is 5.03. The number of aryl methyl sites for hydroxylation is 2. The molecule has 1 N–H and O–H groups in total. The molecule has 5 nitrogen and oxygen atoms in total. The number of rotatable bonds is 6. The predicted octanol–water partition coefficient (Wildman–Crippen LogP) is 5.23. The lowest BCUT2D eigenvalue weighted by atomic mass is 9.97. The van der Waals surface area contributed by atoms with Gasteiger partial charge in [0, 0.05) is 31.7 Å². The van der Waals surface area contributed by atoms with Gasteiger partial charge in [0.2, 0.25) is 5.43 Å². The summed E-state index contributed by atoms with van der Waals surface area (Å²) in [5, 5.41) is 3.58. The van der Waals surface area contributed by atoms with Crippen LogP contribution in [0.2, 0.25) is 0 Å². The normalized spacial score (nSPS) is 14.8. The maximum atomic E-state index is 13.7. The van der Waals surface area contributed by atoms with E-state index in [2.05, 4.69) is 47.0 Å². The van der Waals surface area contributed by atoms with Crippen LogP contribution in [0.25, 0.3) is 10.9 Å². The van der Waals surface area contributed by atoms with Crippen molar-refractivity contribution in [3.8, 4) is 0 Å². The molecule has 1 atom stereocenters. The van der Waals surface area contributed by atoms with E-state index in [1.807, 2.05) is 55.5 Å². The van der Waals surface area contributed by atoms with Gasteiger partial charge < -0.3 is 14.8 Å². The number of benzene rings is 3. The van der Waals surface area contributed by atoms with E-state index >= 15 is 0 Å². The minimum atomic E-state index is -0.339. The van der Waals surface area contributed by atoms with Gasteiger partial charge in [-0.05, 0) is 42.2 Å². The van der Waals surface area contributed by atoms with Gasteiger partial charge in [-0.1, -0.05) is 73.5 Å². The number of likely N-dealkylation sites (N-methyl/N-ethyl adjacent to an activating group) is 1. The number of nitrogens with one attached hydrogen (secondary N) is 1. The molecule has 0 radical (unpaired) electrons. The lowest BCUT2D eigenvalue weighted by Gasteiger charge is -2.36. The third-order valence-corrected chi connectivity index (χ3v) is 6.90. The average molecular weight is 466 g/mol. The zero-order chi connectivity index (χ0) is 24.5. The summed E-state index contributed by atoms with van der Waals surface area (Å²) in [4.78, 5) is 29.2. The third kappa shape index (κ3) is 4.34. The number of nitrogens with zero attached hydrogens (tertiary/aromatic N) is 2. The molecule has 1 aromatic heterocycles. The standard InChI is InChI=1S/C30H31N3O2/c1-4-8-22-15-24-28-26(16-22)32(3)19-27(23-9-6-5-7-10-23)33(28)18-25(29(24)34)30(35)31-17-21-13-11-20(2)12-14-21/h5-7,9-16,18,27H,4,8,17,19H2,1-3H3,(H,31,35). The second kappa shape index (κ2) is 9.41. The van der Waals surface area contributed by atoms with Crippen LogP contribution < -0.4 is 15.6 Å². The van der Waals surface area contributed by atoms with Crippen LogP contribution in [0.5, 0.6) is 0 Å². The summed E-state index contributed by atoms with van der Waals surface area (Å²) in [6.07, 6.45) is 3.65. The van der Waals surface area contributed by atoms with Crippen LogP contribution in [0, 0.1) is 6.92 Å². The molecular weight excluding hydrogens is 434 g/mol. The first kappa shape index (κ1) is 22.9. The van der Waals surface area contributed by atoms with Crippen LogP contribution in [-0.4, -0.2) is 24.1 Å². The maximum Gasteiger partial charge on any atom is 0.257 e. The fourth-order valence-corrected chi connectivity index (χ4v) is 5.03. The molecule has 5 rings (SSSR count). The van der Waals surface area contributed by atoms with Crippen LogP contribution >= 0.6 is 0 Å². The predicted molar refractivity (Wildman–Crippen MR) is 142 cm³/mol. The molecule has 0 spiro atoms. The second-order valence-corrected chi connectivity index (χ2v) is 9.52. The van der Waals surface area contributed by atoms with E-state index in [1.54, 1.807) is 6.20 Å². The molecule has 1 aliphatic heterocycles. The van der Waals surface area contributed by atoms with Crippen LogP contribution in [0.3, 0.4) is 0 Å². The highest BCUT2D eigenvalue weighted by Crippen LogP contribution is 2.36. The molecule has 35 heavy (non-hydrogen) atoms. The van der Waals surface area contributed by atoms with Gasteiger partial charge in [0.1, 0.15) is 5.56 Å². The topological polar surface area (TPSA) is 54.3 Å². The summed E-state index contributed by atoms with van der Waals surface area (Å²) in [6, 6.07) is 22.5. The van der Waals surface area contributed by atoms with E-state index in [9.17, 15) is 9.59 Å². The van der Waals surface area contributed by atoms with E-state index in [1.165, 1.54) is 5.56 Å². The minimum absolute atomic E-state index is 0.00234. The summed E-state index contributed by atoms with van der Waals surface area (Å²) < 4.78 is 2.14. The number of carbonyl (C=O) groups excluding carboxylic acids is 1. The van der Waals surface area contributed by atoms with Crippen molar-refractivity contribution in [2.24, 2.45) is 0 Å². The van der Waals surface area contributed by atoms with E-state index in [-0.39, 0.29) is 22.9 Å². The van der Waals surface area contributed by atoms with E-state index in [0.717, 1.165) is 47.3 Å². The molecule has 0 aliphatic carbocycles. The van der Waals surface area contributed by atoms with Crippen molar-refractivity contribution in [3.63, 3.8) is 0 Å². The molecule has 3 aromatic carbocycles. The average Bonchev–Trinajstić information content (AvgIpc) is 2.87. The van der Waals surface area contributed by atoms with Gasteiger partial charge in [-0.3, -0.25) is 9.59 Å². The van der Waals surface area contributed by atoms with Gasteiger partial charge >= 0.3 is 0 Å². The number of amides is 1. The monoisotopic (exact) mass is 465 g/mol. The van der Waals surface area contributed by atoms with Crippen molar-refractivity contribution in [1.29, 1.82) is 0 Å². The van der Waals surface area contributed by atoms with Gasteiger partial charge in [0.05, 0.1) is 17.2 Å². The molecule has 1 unspecified atom stereocenters. The van der Waals surface area contributed by atoms with Crippen molar-refractivity contribution < 1.29 is 4.79 Å². The summed E-state index contributed by atoms with van der Waals surface area (Å²) in [7, 11) is 2.08. The molecule has 2 heterocycles. The Morgan fingerprint density at radius 1 is 1.03 bits per heavy atom. The molecule has 178 valence electrons. The largest absolute Gasteiger partial charge is 0.370 e. The van der Waals surface area contributed by atoms with Crippen LogP contribution in [0.4, 0.5) is 5.69 Å². The van der Waals surface area contributed by atoms with Crippen molar-refractivity contribution in [2.75, 3.05) is 18.5 Å². The number of hydrogen-bond acceptors (Lipinski definition) is 3. The van der Waals surface area contributed by atoms with Crippen LogP contribution in [-0.2, 0) is 13.0 Å². The molecule has 0 saturated heterocycles. The Hall–Kier alpha value is -3.86. The molecule has 5 heteroatoms. The summed E-state index contributed by atoms with van der Waals surface area (Å²) in [6.45, 7) is 5.31. The molecule has 0 fully saturated rings. The SMILES string of the molecule is CCCc1cc2c3c(c1)c(=O)c(C(=O)NCc1ccc(C)cc1)cn3C(c1ccccc1)CN2C. The molecular formula is C30H31N3O2. The van der Waals surface area contributed by atoms with E-state index < -0.39 is 0 Å². The number of carbonyl (C=O) groups is 1. The number of pyridine rings is 1. The Kier molecular flexibility index (Phi) is 6.16. The lowest BCUT2D eigenvalue weighted by Crippen LogP contribution is -2.36. The van der Waals surface area contributed by atoms with Crippen LogP contribution in [0.15, 0.2) is 77.7 Å². The number of aromatic nitrogens is 1.